The summed E-state index contributed by atoms with van der Waals surface area (Å²) in [7, 11) is 0. The van der Waals surface area contributed by atoms with Gasteiger partial charge in [0.15, 0.2) is 0 Å². The average molecular weight is 387 g/mol. The number of rotatable bonds is 2. The molecule has 3 rings (SSSR count). The van der Waals surface area contributed by atoms with E-state index in [2.05, 4.69) is 26.1 Å². The van der Waals surface area contributed by atoms with Crippen LogP contribution in [0.3, 0.4) is 0 Å². The van der Waals surface area contributed by atoms with E-state index in [0.29, 0.717) is 31.8 Å². The van der Waals surface area contributed by atoms with E-state index in [1.807, 2.05) is 0 Å². The Bertz CT molecular complexity index is 589. The first kappa shape index (κ1) is 21.0. The first-order valence-electron chi connectivity index (χ1n) is 9.29. The van der Waals surface area contributed by atoms with Crippen LogP contribution in [-0.2, 0) is 9.59 Å². The number of likely N-dealkylation sites (tertiary alicyclic amines) is 1. The molecule has 0 aromatic heterocycles. The second-order valence-electron chi connectivity index (χ2n) is 8.98. The third-order valence-corrected chi connectivity index (χ3v) is 5.81. The van der Waals surface area contributed by atoms with Crippen LogP contribution in [0.15, 0.2) is 0 Å². The van der Waals surface area contributed by atoms with E-state index in [1.54, 1.807) is 4.90 Å². The summed E-state index contributed by atoms with van der Waals surface area (Å²) in [5.74, 6) is -0.0537. The van der Waals surface area contributed by atoms with Gasteiger partial charge in [-0.2, -0.15) is 0 Å². The maximum atomic E-state index is 13.0. The molecule has 0 radical (unpaired) electrons. The highest BCUT2D eigenvalue weighted by Gasteiger charge is 2.56. The number of urea groups is 1. The van der Waals surface area contributed by atoms with Crippen molar-refractivity contribution in [2.45, 2.75) is 64.5 Å². The van der Waals surface area contributed by atoms with E-state index in [4.69, 9.17) is 5.73 Å². The van der Waals surface area contributed by atoms with Crippen LogP contribution in [0.5, 0.6) is 0 Å². The smallest absolute Gasteiger partial charge is 0.325 e. The summed E-state index contributed by atoms with van der Waals surface area (Å²) < 4.78 is 0. The standard InChI is InChI=1S/C18H30N4O3.ClH/c1-12-8-17(2,3)11-18(9-12)15(24)22(16(25)20-18)10-14(23)21-6-4-13(19)5-7-21;/h12-13H,4-11,19H2,1-3H3,(H,20,25);1H. The average Bonchev–Trinajstić information content (AvgIpc) is 2.69. The number of nitrogens with one attached hydrogen (secondary N) is 1. The first-order valence-corrected chi connectivity index (χ1v) is 9.29. The lowest BCUT2D eigenvalue weighted by Gasteiger charge is -2.43. The Morgan fingerprint density at radius 2 is 1.85 bits per heavy atom. The van der Waals surface area contributed by atoms with Crippen molar-refractivity contribution in [2.75, 3.05) is 19.6 Å². The van der Waals surface area contributed by atoms with Crippen LogP contribution in [0.25, 0.3) is 0 Å². The molecule has 2 heterocycles. The summed E-state index contributed by atoms with van der Waals surface area (Å²) in [4.78, 5) is 40.9. The number of amides is 4. The number of hydrogen-bond donors (Lipinski definition) is 2. The zero-order chi connectivity index (χ0) is 18.4. The Morgan fingerprint density at radius 1 is 1.23 bits per heavy atom. The molecule has 4 amide bonds. The van der Waals surface area contributed by atoms with E-state index in [1.165, 1.54) is 0 Å². The molecule has 8 heteroatoms. The minimum absolute atomic E-state index is 0. The maximum absolute atomic E-state index is 13.0. The molecular weight excluding hydrogens is 356 g/mol. The van der Waals surface area contributed by atoms with Crippen LogP contribution in [-0.4, -0.2) is 58.9 Å². The quantitative estimate of drug-likeness (QED) is 0.703. The van der Waals surface area contributed by atoms with Gasteiger partial charge in [0.2, 0.25) is 5.91 Å². The van der Waals surface area contributed by atoms with Gasteiger partial charge in [0.25, 0.3) is 5.91 Å². The third kappa shape index (κ3) is 3.98. The zero-order valence-corrected chi connectivity index (χ0v) is 16.7. The molecule has 26 heavy (non-hydrogen) atoms. The van der Waals surface area contributed by atoms with E-state index in [9.17, 15) is 14.4 Å². The number of nitrogens with zero attached hydrogens (tertiary/aromatic N) is 2. The fourth-order valence-corrected chi connectivity index (χ4v) is 5.03. The van der Waals surface area contributed by atoms with Crippen LogP contribution in [0.1, 0.15) is 52.9 Å². The lowest BCUT2D eigenvalue weighted by atomic mass is 9.64. The summed E-state index contributed by atoms with van der Waals surface area (Å²) >= 11 is 0. The lowest BCUT2D eigenvalue weighted by Crippen LogP contribution is -2.54. The highest BCUT2D eigenvalue weighted by atomic mass is 35.5. The van der Waals surface area contributed by atoms with Gasteiger partial charge in [0.1, 0.15) is 12.1 Å². The van der Waals surface area contributed by atoms with E-state index < -0.39 is 11.6 Å². The number of nitrogens with two attached hydrogens (primary N) is 1. The molecule has 0 aromatic carbocycles. The molecule has 1 aliphatic carbocycles. The van der Waals surface area contributed by atoms with Crippen molar-refractivity contribution in [3.63, 3.8) is 0 Å². The monoisotopic (exact) mass is 386 g/mol. The van der Waals surface area contributed by atoms with Crippen molar-refractivity contribution in [3.05, 3.63) is 0 Å². The molecule has 0 bridgehead atoms. The summed E-state index contributed by atoms with van der Waals surface area (Å²) in [6.07, 6.45) is 3.83. The molecule has 2 saturated heterocycles. The van der Waals surface area contributed by atoms with Gasteiger partial charge >= 0.3 is 6.03 Å². The van der Waals surface area contributed by atoms with Gasteiger partial charge in [-0.15, -0.1) is 12.4 Å². The van der Waals surface area contributed by atoms with Gasteiger partial charge in [0, 0.05) is 19.1 Å². The molecule has 148 valence electrons. The zero-order valence-electron chi connectivity index (χ0n) is 15.9. The fourth-order valence-electron chi connectivity index (χ4n) is 5.03. The molecule has 3 fully saturated rings. The van der Waals surface area contributed by atoms with Crippen LogP contribution in [0.4, 0.5) is 4.79 Å². The molecule has 7 nitrogen and oxygen atoms in total. The predicted molar refractivity (Wildman–Crippen MR) is 101 cm³/mol. The number of carbonyl (C=O) groups is 3. The van der Waals surface area contributed by atoms with Crippen molar-refractivity contribution in [2.24, 2.45) is 17.1 Å². The Labute approximate surface area is 161 Å². The minimum atomic E-state index is -0.844. The highest BCUT2D eigenvalue weighted by Crippen LogP contribution is 2.46. The maximum Gasteiger partial charge on any atom is 0.325 e. The third-order valence-electron chi connectivity index (χ3n) is 5.81. The van der Waals surface area contributed by atoms with Crippen LogP contribution in [0.2, 0.25) is 0 Å². The number of carbonyl (C=O) groups excluding carboxylic acids is 3. The van der Waals surface area contributed by atoms with Gasteiger partial charge < -0.3 is 16.0 Å². The van der Waals surface area contributed by atoms with Crippen LogP contribution < -0.4 is 11.1 Å². The summed E-state index contributed by atoms with van der Waals surface area (Å²) in [6.45, 7) is 7.41. The summed E-state index contributed by atoms with van der Waals surface area (Å²) in [6, 6.07) is -0.299. The second kappa shape index (κ2) is 7.35. The predicted octanol–water partition coefficient (Wildman–Crippen LogP) is 1.49. The van der Waals surface area contributed by atoms with E-state index in [-0.39, 0.29) is 42.2 Å². The topological polar surface area (TPSA) is 95.7 Å². The second-order valence-corrected chi connectivity index (χ2v) is 8.98. The van der Waals surface area contributed by atoms with Gasteiger partial charge in [-0.3, -0.25) is 14.5 Å². The molecule has 1 saturated carbocycles. The van der Waals surface area contributed by atoms with Crippen molar-refractivity contribution in [1.82, 2.24) is 15.1 Å². The Balaban J connectivity index is 0.00000243. The van der Waals surface area contributed by atoms with Crippen molar-refractivity contribution >= 4 is 30.3 Å². The van der Waals surface area contributed by atoms with Gasteiger partial charge in [-0.05, 0) is 43.4 Å². The Morgan fingerprint density at radius 3 is 2.42 bits per heavy atom. The van der Waals surface area contributed by atoms with Crippen molar-refractivity contribution < 1.29 is 14.4 Å². The minimum Gasteiger partial charge on any atom is -0.341 e. The Kier molecular flexibility index (Phi) is 5.93. The number of hydrogen-bond acceptors (Lipinski definition) is 4. The molecule has 2 aliphatic heterocycles. The van der Waals surface area contributed by atoms with Crippen LogP contribution in [0, 0.1) is 11.3 Å². The normalized spacial score (nSPS) is 31.8. The molecule has 2 unspecified atom stereocenters. The molecular formula is C18H31ClN4O3. The molecule has 3 aliphatic rings. The SMILES string of the molecule is CC1CC(C)(C)CC2(C1)NC(=O)N(CC(=O)N1CCC(N)CC1)C2=O.Cl. The summed E-state index contributed by atoms with van der Waals surface area (Å²) in [5, 5.41) is 2.92. The van der Waals surface area contributed by atoms with Gasteiger partial charge in [-0.1, -0.05) is 20.8 Å². The summed E-state index contributed by atoms with van der Waals surface area (Å²) in [5.41, 5.74) is 5.02. The van der Waals surface area contributed by atoms with E-state index >= 15 is 0 Å². The molecule has 3 N–H and O–H groups in total. The molecule has 1 spiro atoms. The first-order chi connectivity index (χ1) is 11.6. The number of imide groups is 1. The number of halogens is 1. The van der Waals surface area contributed by atoms with Crippen molar-refractivity contribution in [3.8, 4) is 0 Å². The lowest BCUT2D eigenvalue weighted by molar-refractivity contribution is -0.141. The molecule has 2 atom stereocenters. The van der Waals surface area contributed by atoms with Gasteiger partial charge in [-0.25, -0.2) is 4.79 Å². The Hall–Kier alpha value is -1.34. The van der Waals surface area contributed by atoms with Crippen LogP contribution >= 0.6 is 12.4 Å². The fraction of sp³-hybridized carbons (Fsp3) is 0.833. The molecule has 0 aromatic rings. The highest BCUT2D eigenvalue weighted by molar-refractivity contribution is 6.09. The van der Waals surface area contributed by atoms with Crippen molar-refractivity contribution in [1.29, 1.82) is 0 Å². The van der Waals surface area contributed by atoms with E-state index in [0.717, 1.165) is 24.2 Å². The number of piperidine rings is 1. The largest absolute Gasteiger partial charge is 0.341 e. The van der Waals surface area contributed by atoms with Gasteiger partial charge in [0.05, 0.1) is 0 Å².